The highest BCUT2D eigenvalue weighted by atomic mass is 16.3. The van der Waals surface area contributed by atoms with Gasteiger partial charge in [0, 0.05) is 0 Å². The zero-order chi connectivity index (χ0) is 13.6. The molecule has 0 radical (unpaired) electrons. The van der Waals surface area contributed by atoms with Crippen LogP contribution in [0.15, 0.2) is 0 Å². The van der Waals surface area contributed by atoms with Crippen molar-refractivity contribution in [1.29, 1.82) is 0 Å². The number of hydrogen-bond acceptors (Lipinski definition) is 2. The summed E-state index contributed by atoms with van der Waals surface area (Å²) >= 11 is 0. The number of rotatable bonds is 13. The van der Waals surface area contributed by atoms with Gasteiger partial charge >= 0.3 is 0 Å². The third kappa shape index (κ3) is 11.0. The van der Waals surface area contributed by atoms with Crippen LogP contribution in [0.4, 0.5) is 0 Å². The van der Waals surface area contributed by atoms with Crippen molar-refractivity contribution >= 4 is 0 Å². The molecule has 0 aromatic heterocycles. The summed E-state index contributed by atoms with van der Waals surface area (Å²) < 4.78 is 0. The summed E-state index contributed by atoms with van der Waals surface area (Å²) in [4.78, 5) is 0. The van der Waals surface area contributed by atoms with E-state index in [1.165, 1.54) is 51.4 Å². The molecule has 0 aliphatic heterocycles. The lowest BCUT2D eigenvalue weighted by Gasteiger charge is -2.17. The Morgan fingerprint density at radius 2 is 0.889 bits per heavy atom. The SMILES string of the molecule is CCCCCCCCC(O)C(O)CCCCCC. The molecule has 2 unspecified atom stereocenters. The molecular weight excluding hydrogens is 224 g/mol. The van der Waals surface area contributed by atoms with Crippen LogP contribution >= 0.6 is 0 Å². The molecule has 0 amide bonds. The van der Waals surface area contributed by atoms with Crippen molar-refractivity contribution in [2.24, 2.45) is 0 Å². The molecule has 0 aliphatic rings. The van der Waals surface area contributed by atoms with E-state index in [1.54, 1.807) is 0 Å². The lowest BCUT2D eigenvalue weighted by molar-refractivity contribution is 0.00713. The van der Waals surface area contributed by atoms with Crippen LogP contribution in [0, 0.1) is 0 Å². The van der Waals surface area contributed by atoms with E-state index in [-0.39, 0.29) is 0 Å². The van der Waals surface area contributed by atoms with Crippen LogP contribution in [0.2, 0.25) is 0 Å². The number of aliphatic hydroxyl groups is 2. The Labute approximate surface area is 114 Å². The zero-order valence-electron chi connectivity index (χ0n) is 12.5. The third-order valence-electron chi connectivity index (χ3n) is 3.65. The Morgan fingerprint density at radius 3 is 1.33 bits per heavy atom. The topological polar surface area (TPSA) is 40.5 Å². The largest absolute Gasteiger partial charge is 0.390 e. The molecule has 0 aromatic rings. The second kappa shape index (κ2) is 13.4. The summed E-state index contributed by atoms with van der Waals surface area (Å²) in [5, 5.41) is 19.6. The van der Waals surface area contributed by atoms with Crippen LogP contribution in [0.1, 0.15) is 90.9 Å². The first kappa shape index (κ1) is 17.9. The van der Waals surface area contributed by atoms with Gasteiger partial charge in [-0.2, -0.15) is 0 Å². The van der Waals surface area contributed by atoms with Crippen LogP contribution in [-0.4, -0.2) is 22.4 Å². The van der Waals surface area contributed by atoms with Crippen molar-refractivity contribution in [2.45, 2.75) is 103 Å². The van der Waals surface area contributed by atoms with Gasteiger partial charge in [0.15, 0.2) is 0 Å². The normalized spacial score (nSPS) is 14.7. The maximum atomic E-state index is 9.83. The lowest BCUT2D eigenvalue weighted by Crippen LogP contribution is -2.25. The molecular formula is C16H34O2. The molecule has 0 rings (SSSR count). The fraction of sp³-hybridized carbons (Fsp3) is 1.00. The van der Waals surface area contributed by atoms with Crippen molar-refractivity contribution in [2.75, 3.05) is 0 Å². The zero-order valence-corrected chi connectivity index (χ0v) is 12.5. The van der Waals surface area contributed by atoms with E-state index < -0.39 is 12.2 Å². The van der Waals surface area contributed by atoms with E-state index in [2.05, 4.69) is 13.8 Å². The molecule has 0 fully saturated rings. The number of aliphatic hydroxyl groups excluding tert-OH is 2. The van der Waals surface area contributed by atoms with E-state index in [4.69, 9.17) is 0 Å². The van der Waals surface area contributed by atoms with E-state index in [0.29, 0.717) is 0 Å². The van der Waals surface area contributed by atoms with E-state index >= 15 is 0 Å². The van der Waals surface area contributed by atoms with Gasteiger partial charge in [0.1, 0.15) is 0 Å². The summed E-state index contributed by atoms with van der Waals surface area (Å²) in [6.45, 7) is 4.41. The fourth-order valence-electron chi connectivity index (χ4n) is 2.30. The van der Waals surface area contributed by atoms with Crippen LogP contribution in [0.25, 0.3) is 0 Å². The van der Waals surface area contributed by atoms with Crippen molar-refractivity contribution in [3.8, 4) is 0 Å². The first-order valence-corrected chi connectivity index (χ1v) is 8.08. The summed E-state index contributed by atoms with van der Waals surface area (Å²) in [6.07, 6.45) is 12.6. The molecule has 2 nitrogen and oxygen atoms in total. The van der Waals surface area contributed by atoms with Gasteiger partial charge in [-0.25, -0.2) is 0 Å². The standard InChI is InChI=1S/C16H34O2/c1-3-5-7-9-10-12-14-16(18)15(17)13-11-8-6-4-2/h15-18H,3-14H2,1-2H3. The van der Waals surface area contributed by atoms with Crippen LogP contribution in [0.3, 0.4) is 0 Å². The minimum atomic E-state index is -0.502. The van der Waals surface area contributed by atoms with Gasteiger partial charge in [-0.3, -0.25) is 0 Å². The monoisotopic (exact) mass is 258 g/mol. The minimum absolute atomic E-state index is 0.502. The lowest BCUT2D eigenvalue weighted by atomic mass is 10.00. The Hall–Kier alpha value is -0.0800. The van der Waals surface area contributed by atoms with Crippen LogP contribution < -0.4 is 0 Å². The minimum Gasteiger partial charge on any atom is -0.390 e. The van der Waals surface area contributed by atoms with Crippen molar-refractivity contribution < 1.29 is 10.2 Å². The third-order valence-corrected chi connectivity index (χ3v) is 3.65. The van der Waals surface area contributed by atoms with E-state index in [9.17, 15) is 10.2 Å². The van der Waals surface area contributed by atoms with Gasteiger partial charge in [0.25, 0.3) is 0 Å². The van der Waals surface area contributed by atoms with Gasteiger partial charge in [0.05, 0.1) is 12.2 Å². The molecule has 0 spiro atoms. The molecule has 2 atom stereocenters. The van der Waals surface area contributed by atoms with Crippen LogP contribution in [-0.2, 0) is 0 Å². The summed E-state index contributed by atoms with van der Waals surface area (Å²) in [6, 6.07) is 0. The highest BCUT2D eigenvalue weighted by Crippen LogP contribution is 2.14. The quantitative estimate of drug-likeness (QED) is 0.480. The Bertz CT molecular complexity index is 159. The Morgan fingerprint density at radius 1 is 0.556 bits per heavy atom. The number of hydrogen-bond donors (Lipinski definition) is 2. The molecule has 0 aliphatic carbocycles. The molecule has 2 N–H and O–H groups in total. The smallest absolute Gasteiger partial charge is 0.0799 e. The van der Waals surface area contributed by atoms with Crippen molar-refractivity contribution in [3.63, 3.8) is 0 Å². The average molecular weight is 258 g/mol. The summed E-state index contributed by atoms with van der Waals surface area (Å²) in [5.41, 5.74) is 0. The van der Waals surface area contributed by atoms with Gasteiger partial charge in [-0.05, 0) is 12.8 Å². The molecule has 2 heteroatoms. The second-order valence-electron chi connectivity index (χ2n) is 5.54. The van der Waals surface area contributed by atoms with Gasteiger partial charge in [0.2, 0.25) is 0 Å². The Balaban J connectivity index is 3.35. The molecule has 0 saturated heterocycles. The summed E-state index contributed by atoms with van der Waals surface area (Å²) in [7, 11) is 0. The average Bonchev–Trinajstić information content (AvgIpc) is 2.38. The maximum absolute atomic E-state index is 9.83. The van der Waals surface area contributed by atoms with Crippen molar-refractivity contribution in [1.82, 2.24) is 0 Å². The molecule has 0 heterocycles. The summed E-state index contributed by atoms with van der Waals surface area (Å²) in [5.74, 6) is 0. The molecule has 18 heavy (non-hydrogen) atoms. The molecule has 0 bridgehead atoms. The van der Waals surface area contributed by atoms with Crippen molar-refractivity contribution in [3.05, 3.63) is 0 Å². The van der Waals surface area contributed by atoms with E-state index in [1.807, 2.05) is 0 Å². The molecule has 110 valence electrons. The Kier molecular flexibility index (Phi) is 13.3. The predicted molar refractivity (Wildman–Crippen MR) is 78.8 cm³/mol. The van der Waals surface area contributed by atoms with Gasteiger partial charge in [-0.1, -0.05) is 78.1 Å². The van der Waals surface area contributed by atoms with Gasteiger partial charge in [-0.15, -0.1) is 0 Å². The maximum Gasteiger partial charge on any atom is 0.0799 e. The predicted octanol–water partition coefficient (Wildman–Crippen LogP) is 4.43. The number of unbranched alkanes of at least 4 members (excludes halogenated alkanes) is 8. The fourth-order valence-corrected chi connectivity index (χ4v) is 2.30. The van der Waals surface area contributed by atoms with E-state index in [0.717, 1.165) is 25.7 Å². The molecule has 0 saturated carbocycles. The van der Waals surface area contributed by atoms with Crippen LogP contribution in [0.5, 0.6) is 0 Å². The first-order valence-electron chi connectivity index (χ1n) is 8.08. The molecule has 0 aromatic carbocycles. The highest BCUT2D eigenvalue weighted by molar-refractivity contribution is 4.67. The second-order valence-corrected chi connectivity index (χ2v) is 5.54. The van der Waals surface area contributed by atoms with Gasteiger partial charge < -0.3 is 10.2 Å². The highest BCUT2D eigenvalue weighted by Gasteiger charge is 2.14. The first-order chi connectivity index (χ1) is 8.72.